The van der Waals surface area contributed by atoms with Crippen molar-refractivity contribution in [2.24, 2.45) is 4.99 Å². The molecule has 3 aromatic heterocycles. The zero-order valence-corrected chi connectivity index (χ0v) is 17.8. The summed E-state index contributed by atoms with van der Waals surface area (Å²) in [5.41, 5.74) is 1.07. The van der Waals surface area contributed by atoms with Gasteiger partial charge in [0.25, 0.3) is 0 Å². The van der Waals surface area contributed by atoms with Crippen LogP contribution in [0, 0.1) is 13.8 Å². The number of imidazole rings is 1. The first kappa shape index (κ1) is 20.1. The summed E-state index contributed by atoms with van der Waals surface area (Å²) in [6.07, 6.45) is 6.56. The summed E-state index contributed by atoms with van der Waals surface area (Å²) in [5, 5.41) is 6.83. The molecule has 148 valence electrons. The molecule has 0 aliphatic carbocycles. The highest BCUT2D eigenvalue weighted by molar-refractivity contribution is 7.11. The van der Waals surface area contributed by atoms with E-state index >= 15 is 0 Å². The van der Waals surface area contributed by atoms with Crippen molar-refractivity contribution >= 4 is 17.3 Å². The maximum atomic E-state index is 4.72. The van der Waals surface area contributed by atoms with Crippen molar-refractivity contribution in [2.45, 2.75) is 46.7 Å². The summed E-state index contributed by atoms with van der Waals surface area (Å²) in [6, 6.07) is 8.75. The van der Waals surface area contributed by atoms with Crippen LogP contribution in [0.15, 0.2) is 47.8 Å². The molecule has 0 fully saturated rings. The lowest BCUT2D eigenvalue weighted by Gasteiger charge is -2.17. The van der Waals surface area contributed by atoms with Crippen LogP contribution in [0.2, 0.25) is 0 Å². The molecule has 0 aliphatic heterocycles. The Balaban J connectivity index is 1.61. The molecule has 0 saturated heterocycles. The summed E-state index contributed by atoms with van der Waals surface area (Å²) in [4.78, 5) is 16.2. The summed E-state index contributed by atoms with van der Waals surface area (Å²) >= 11 is 1.85. The number of hydrogen-bond acceptors (Lipinski definition) is 4. The topological polar surface area (TPSA) is 67.1 Å². The van der Waals surface area contributed by atoms with E-state index in [-0.39, 0.29) is 0 Å². The second-order valence-electron chi connectivity index (χ2n) is 6.83. The molecule has 1 atom stereocenters. The van der Waals surface area contributed by atoms with Gasteiger partial charge in [-0.15, -0.1) is 11.3 Å². The fourth-order valence-electron chi connectivity index (χ4n) is 2.94. The number of aryl methyl sites for hydroxylation is 2. The Morgan fingerprint density at radius 2 is 2.07 bits per heavy atom. The van der Waals surface area contributed by atoms with Crippen molar-refractivity contribution in [2.75, 3.05) is 6.54 Å². The number of aliphatic imine (C=N–C) groups is 1. The van der Waals surface area contributed by atoms with Crippen LogP contribution in [0.25, 0.3) is 5.82 Å². The van der Waals surface area contributed by atoms with Gasteiger partial charge in [0.05, 0.1) is 6.54 Å². The monoisotopic (exact) mass is 396 g/mol. The number of nitrogens with zero attached hydrogens (tertiary/aromatic N) is 4. The van der Waals surface area contributed by atoms with E-state index in [9.17, 15) is 0 Å². The molecule has 2 N–H and O–H groups in total. The summed E-state index contributed by atoms with van der Waals surface area (Å²) in [6.45, 7) is 9.78. The smallest absolute Gasteiger partial charge is 0.191 e. The van der Waals surface area contributed by atoms with Crippen molar-refractivity contribution < 1.29 is 0 Å². The highest BCUT2D eigenvalue weighted by Gasteiger charge is 2.08. The van der Waals surface area contributed by atoms with Gasteiger partial charge in [-0.25, -0.2) is 15.0 Å². The van der Waals surface area contributed by atoms with Crippen molar-refractivity contribution in [3.05, 3.63) is 64.0 Å². The molecule has 0 aromatic carbocycles. The second kappa shape index (κ2) is 9.50. The molecule has 28 heavy (non-hydrogen) atoms. The van der Waals surface area contributed by atoms with Gasteiger partial charge in [-0.1, -0.05) is 6.07 Å². The van der Waals surface area contributed by atoms with E-state index < -0.39 is 0 Å². The van der Waals surface area contributed by atoms with Gasteiger partial charge < -0.3 is 10.6 Å². The van der Waals surface area contributed by atoms with Gasteiger partial charge in [0, 0.05) is 47.4 Å². The van der Waals surface area contributed by atoms with Gasteiger partial charge in [0.2, 0.25) is 0 Å². The molecule has 7 heteroatoms. The van der Waals surface area contributed by atoms with Crippen molar-refractivity contribution in [3.63, 3.8) is 0 Å². The molecule has 0 bridgehead atoms. The summed E-state index contributed by atoms with van der Waals surface area (Å²) in [7, 11) is 0. The number of hydrogen-bond donors (Lipinski definition) is 2. The van der Waals surface area contributed by atoms with Crippen molar-refractivity contribution in [1.29, 1.82) is 0 Å². The van der Waals surface area contributed by atoms with Crippen LogP contribution in [0.4, 0.5) is 0 Å². The molecule has 0 amide bonds. The molecule has 3 aromatic rings. The van der Waals surface area contributed by atoms with E-state index in [1.165, 1.54) is 9.75 Å². The molecule has 0 radical (unpaired) electrons. The third-order valence-electron chi connectivity index (χ3n) is 4.33. The van der Waals surface area contributed by atoms with Crippen LogP contribution >= 0.6 is 11.3 Å². The van der Waals surface area contributed by atoms with Crippen molar-refractivity contribution in [3.8, 4) is 5.82 Å². The summed E-state index contributed by atoms with van der Waals surface area (Å²) < 4.78 is 1.96. The number of guanidine groups is 1. The first-order chi connectivity index (χ1) is 13.5. The Labute approximate surface area is 170 Å². The van der Waals surface area contributed by atoms with Gasteiger partial charge in [0.15, 0.2) is 5.96 Å². The highest BCUT2D eigenvalue weighted by Crippen LogP contribution is 2.16. The Bertz CT molecular complexity index is 909. The van der Waals surface area contributed by atoms with Crippen LogP contribution in [-0.2, 0) is 13.0 Å². The van der Waals surface area contributed by atoms with Gasteiger partial charge in [-0.2, -0.15) is 0 Å². The Morgan fingerprint density at radius 1 is 1.21 bits per heavy atom. The minimum Gasteiger partial charge on any atom is -0.357 e. The van der Waals surface area contributed by atoms with Gasteiger partial charge >= 0.3 is 0 Å². The van der Waals surface area contributed by atoms with Gasteiger partial charge in [-0.05, 0) is 51.5 Å². The average Bonchev–Trinajstić information content (AvgIpc) is 3.28. The molecule has 6 nitrogen and oxygen atoms in total. The zero-order chi connectivity index (χ0) is 19.9. The standard InChI is InChI=1S/C21H28N6S/c1-5-22-21(26-15(2)12-19-8-6-16(3)28-19)25-14-18-7-9-20(24-13-18)27-11-10-23-17(27)4/h6-11,13,15H,5,12,14H2,1-4H3,(H2,22,25,26). The quantitative estimate of drug-likeness (QED) is 0.473. The first-order valence-electron chi connectivity index (χ1n) is 9.60. The van der Waals surface area contributed by atoms with Gasteiger partial charge in [0.1, 0.15) is 11.6 Å². The van der Waals surface area contributed by atoms with Crippen LogP contribution in [-0.4, -0.2) is 33.1 Å². The second-order valence-corrected chi connectivity index (χ2v) is 8.20. The molecule has 0 spiro atoms. The highest BCUT2D eigenvalue weighted by atomic mass is 32.1. The van der Waals surface area contributed by atoms with Crippen LogP contribution in [0.1, 0.15) is 35.0 Å². The largest absolute Gasteiger partial charge is 0.357 e. The van der Waals surface area contributed by atoms with E-state index in [2.05, 4.69) is 59.6 Å². The van der Waals surface area contributed by atoms with Gasteiger partial charge in [-0.3, -0.25) is 4.57 Å². The number of thiophene rings is 1. The fourth-order valence-corrected chi connectivity index (χ4v) is 3.96. The van der Waals surface area contributed by atoms with E-state index in [0.717, 1.165) is 36.1 Å². The maximum absolute atomic E-state index is 4.72. The molecule has 0 aliphatic rings. The van der Waals surface area contributed by atoms with E-state index in [1.54, 1.807) is 6.20 Å². The third kappa shape index (κ3) is 5.42. The summed E-state index contributed by atoms with van der Waals surface area (Å²) in [5.74, 6) is 2.62. The number of aromatic nitrogens is 3. The predicted octanol–water partition coefficient (Wildman–Crippen LogP) is 3.63. The van der Waals surface area contributed by atoms with E-state index in [1.807, 2.05) is 41.3 Å². The average molecular weight is 397 g/mol. The number of nitrogens with one attached hydrogen (secondary N) is 2. The third-order valence-corrected chi connectivity index (χ3v) is 5.36. The number of rotatable bonds is 7. The molecule has 0 saturated carbocycles. The normalized spacial score (nSPS) is 12.8. The lowest BCUT2D eigenvalue weighted by molar-refractivity contribution is 0.645. The fraction of sp³-hybridized carbons (Fsp3) is 0.381. The first-order valence-corrected chi connectivity index (χ1v) is 10.4. The molecule has 1 unspecified atom stereocenters. The Hall–Kier alpha value is -2.67. The molecule has 3 rings (SSSR count). The SMILES string of the molecule is CCNC(=NCc1ccc(-n2ccnc2C)nc1)NC(C)Cc1ccc(C)s1. The van der Waals surface area contributed by atoms with Crippen LogP contribution in [0.5, 0.6) is 0 Å². The minimum atomic E-state index is 0.306. The Kier molecular flexibility index (Phi) is 6.81. The minimum absolute atomic E-state index is 0.306. The molecular formula is C21H28N6S. The Morgan fingerprint density at radius 3 is 2.68 bits per heavy atom. The predicted molar refractivity (Wildman–Crippen MR) is 116 cm³/mol. The van der Waals surface area contributed by atoms with E-state index in [0.29, 0.717) is 12.6 Å². The molecular weight excluding hydrogens is 368 g/mol. The van der Waals surface area contributed by atoms with E-state index in [4.69, 9.17) is 4.99 Å². The van der Waals surface area contributed by atoms with Crippen LogP contribution < -0.4 is 10.6 Å². The molecule has 3 heterocycles. The lowest BCUT2D eigenvalue weighted by atomic mass is 10.2. The van der Waals surface area contributed by atoms with Crippen LogP contribution in [0.3, 0.4) is 0 Å². The van der Waals surface area contributed by atoms with Crippen molar-refractivity contribution in [1.82, 2.24) is 25.2 Å². The lowest BCUT2D eigenvalue weighted by Crippen LogP contribution is -2.43. The zero-order valence-electron chi connectivity index (χ0n) is 16.9. The number of pyridine rings is 1. The maximum Gasteiger partial charge on any atom is 0.191 e.